The predicted molar refractivity (Wildman–Crippen MR) is 155 cm³/mol. The average Bonchev–Trinajstić information content (AvgIpc) is 2.97. The van der Waals surface area contributed by atoms with E-state index in [4.69, 9.17) is 4.98 Å². The molecule has 0 saturated heterocycles. The van der Waals surface area contributed by atoms with E-state index in [0.717, 1.165) is 66.0 Å². The maximum absolute atomic E-state index is 12.1. The number of pyridine rings is 1. The maximum Gasteiger partial charge on any atom is 0.133 e. The minimum atomic E-state index is 0.245. The molecule has 0 unspecified atom stereocenters. The highest BCUT2D eigenvalue weighted by Gasteiger charge is 2.21. The normalized spacial score (nSPS) is 11.4. The molecule has 0 spiro atoms. The van der Waals surface area contributed by atoms with Gasteiger partial charge < -0.3 is 5.11 Å². The Labute approximate surface area is 215 Å². The van der Waals surface area contributed by atoms with Gasteiger partial charge in [-0.2, -0.15) is 0 Å². The SMILES string of the molecule is Oc1c(-c2ccc3ccccc3n2)cc2ccccc2c1-c1c(-c2ccccc2)ccc2ccccc12. The summed E-state index contributed by atoms with van der Waals surface area (Å²) in [6, 6.07) is 45.6. The lowest BCUT2D eigenvalue weighted by molar-refractivity contribution is 0.480. The van der Waals surface area contributed by atoms with Gasteiger partial charge in [0.15, 0.2) is 0 Å². The minimum Gasteiger partial charge on any atom is -0.507 e. The number of hydrogen-bond acceptors (Lipinski definition) is 2. The van der Waals surface area contributed by atoms with Crippen LogP contribution < -0.4 is 0 Å². The molecule has 0 amide bonds. The second kappa shape index (κ2) is 8.61. The van der Waals surface area contributed by atoms with Gasteiger partial charge in [0.2, 0.25) is 0 Å². The quantitative estimate of drug-likeness (QED) is 0.277. The number of hydrogen-bond donors (Lipinski definition) is 1. The summed E-state index contributed by atoms with van der Waals surface area (Å²) in [5.41, 5.74) is 6.45. The fourth-order valence-electron chi connectivity index (χ4n) is 5.40. The van der Waals surface area contributed by atoms with Crippen LogP contribution >= 0.6 is 0 Å². The highest BCUT2D eigenvalue weighted by atomic mass is 16.3. The number of fused-ring (bicyclic) bond motifs is 3. The molecule has 37 heavy (non-hydrogen) atoms. The van der Waals surface area contributed by atoms with E-state index in [9.17, 15) is 5.11 Å². The summed E-state index contributed by atoms with van der Waals surface area (Å²) in [6.07, 6.45) is 0. The third kappa shape index (κ3) is 3.54. The number of phenolic OH excluding ortho intramolecular Hbond substituents is 1. The lowest BCUT2D eigenvalue weighted by atomic mass is 9.85. The molecule has 0 saturated carbocycles. The van der Waals surface area contributed by atoms with Crippen LogP contribution in [0.3, 0.4) is 0 Å². The van der Waals surface area contributed by atoms with Crippen molar-refractivity contribution in [3.8, 4) is 39.3 Å². The zero-order valence-corrected chi connectivity index (χ0v) is 20.1. The molecular formula is C35H23NO. The van der Waals surface area contributed by atoms with Crippen molar-refractivity contribution in [2.45, 2.75) is 0 Å². The van der Waals surface area contributed by atoms with Crippen LogP contribution in [0, 0.1) is 0 Å². The lowest BCUT2D eigenvalue weighted by Gasteiger charge is -2.19. The Morgan fingerprint density at radius 2 is 1.08 bits per heavy atom. The van der Waals surface area contributed by atoms with Crippen molar-refractivity contribution in [3.05, 3.63) is 133 Å². The second-order valence-electron chi connectivity index (χ2n) is 9.33. The van der Waals surface area contributed by atoms with Gasteiger partial charge in [-0.05, 0) is 50.9 Å². The van der Waals surface area contributed by atoms with Crippen molar-refractivity contribution in [3.63, 3.8) is 0 Å². The highest BCUT2D eigenvalue weighted by molar-refractivity contribution is 6.14. The number of aromatic hydroxyl groups is 1. The number of phenols is 1. The summed E-state index contributed by atoms with van der Waals surface area (Å²) in [5.74, 6) is 0.245. The Balaban J connectivity index is 1.62. The number of para-hydroxylation sites is 1. The van der Waals surface area contributed by atoms with Crippen molar-refractivity contribution in [2.75, 3.05) is 0 Å². The first kappa shape index (κ1) is 21.3. The lowest BCUT2D eigenvalue weighted by Crippen LogP contribution is -1.93. The summed E-state index contributed by atoms with van der Waals surface area (Å²) in [7, 11) is 0. The van der Waals surface area contributed by atoms with E-state index in [1.54, 1.807) is 0 Å². The molecule has 2 heteroatoms. The van der Waals surface area contributed by atoms with E-state index < -0.39 is 0 Å². The first-order chi connectivity index (χ1) is 18.3. The van der Waals surface area contributed by atoms with E-state index in [0.29, 0.717) is 0 Å². The molecule has 174 valence electrons. The standard InChI is InChI=1S/C35H23NO/c37-35-30(32-21-19-25-13-6-9-17-31(25)36-32)22-26-14-5-8-16-28(26)34(35)33-27-15-7-4-12-24(27)18-20-29(33)23-10-2-1-3-11-23/h1-22,37H. The van der Waals surface area contributed by atoms with Crippen LogP contribution in [0.5, 0.6) is 5.75 Å². The number of benzene rings is 6. The minimum absolute atomic E-state index is 0.245. The fourth-order valence-corrected chi connectivity index (χ4v) is 5.40. The molecule has 2 nitrogen and oxygen atoms in total. The third-order valence-corrected chi connectivity index (χ3v) is 7.16. The summed E-state index contributed by atoms with van der Waals surface area (Å²) >= 11 is 0. The first-order valence-corrected chi connectivity index (χ1v) is 12.5. The third-order valence-electron chi connectivity index (χ3n) is 7.16. The molecule has 0 aliphatic carbocycles. The molecule has 1 N–H and O–H groups in total. The van der Waals surface area contributed by atoms with Crippen LogP contribution in [-0.4, -0.2) is 10.1 Å². The van der Waals surface area contributed by atoms with Crippen LogP contribution in [0.2, 0.25) is 0 Å². The van der Waals surface area contributed by atoms with Crippen LogP contribution in [0.1, 0.15) is 0 Å². The van der Waals surface area contributed by atoms with E-state index in [1.165, 1.54) is 0 Å². The fraction of sp³-hybridized carbons (Fsp3) is 0. The molecule has 0 aliphatic heterocycles. The number of rotatable bonds is 3. The molecule has 7 aromatic rings. The van der Waals surface area contributed by atoms with Gasteiger partial charge in [-0.15, -0.1) is 0 Å². The molecule has 1 heterocycles. The zero-order valence-electron chi connectivity index (χ0n) is 20.1. The largest absolute Gasteiger partial charge is 0.507 e. The number of nitrogens with zero attached hydrogens (tertiary/aromatic N) is 1. The summed E-state index contributed by atoms with van der Waals surface area (Å²) in [6.45, 7) is 0. The van der Waals surface area contributed by atoms with Gasteiger partial charge in [0, 0.05) is 22.1 Å². The molecule has 0 bridgehead atoms. The summed E-state index contributed by atoms with van der Waals surface area (Å²) < 4.78 is 0. The van der Waals surface area contributed by atoms with E-state index in [1.807, 2.05) is 42.5 Å². The Morgan fingerprint density at radius 1 is 0.459 bits per heavy atom. The van der Waals surface area contributed by atoms with Gasteiger partial charge in [0.05, 0.1) is 11.2 Å². The van der Waals surface area contributed by atoms with E-state index in [-0.39, 0.29) is 5.75 Å². The molecule has 0 fully saturated rings. The Kier molecular flexibility index (Phi) is 4.97. The summed E-state index contributed by atoms with van der Waals surface area (Å²) in [5, 5.41) is 17.4. The Morgan fingerprint density at radius 3 is 1.89 bits per heavy atom. The molecule has 1 aromatic heterocycles. The molecule has 0 atom stereocenters. The summed E-state index contributed by atoms with van der Waals surface area (Å²) in [4.78, 5) is 4.93. The molecule has 0 aliphatic rings. The average molecular weight is 474 g/mol. The van der Waals surface area contributed by atoms with Crippen LogP contribution in [0.25, 0.3) is 66.0 Å². The number of aromatic nitrogens is 1. The van der Waals surface area contributed by atoms with Crippen molar-refractivity contribution >= 4 is 32.4 Å². The van der Waals surface area contributed by atoms with Gasteiger partial charge in [-0.25, -0.2) is 4.98 Å². The van der Waals surface area contributed by atoms with Gasteiger partial charge in [0.1, 0.15) is 5.75 Å². The molecule has 0 radical (unpaired) electrons. The highest BCUT2D eigenvalue weighted by Crippen LogP contribution is 2.48. The van der Waals surface area contributed by atoms with Gasteiger partial charge in [-0.3, -0.25) is 0 Å². The van der Waals surface area contributed by atoms with Crippen molar-refractivity contribution < 1.29 is 5.11 Å². The zero-order chi connectivity index (χ0) is 24.8. The first-order valence-electron chi connectivity index (χ1n) is 12.5. The van der Waals surface area contributed by atoms with E-state index >= 15 is 0 Å². The Hall–Kier alpha value is -4.95. The van der Waals surface area contributed by atoms with Gasteiger partial charge >= 0.3 is 0 Å². The maximum atomic E-state index is 12.1. The van der Waals surface area contributed by atoms with Crippen molar-refractivity contribution in [2.24, 2.45) is 0 Å². The topological polar surface area (TPSA) is 33.1 Å². The van der Waals surface area contributed by atoms with Crippen molar-refractivity contribution in [1.29, 1.82) is 0 Å². The second-order valence-corrected chi connectivity index (χ2v) is 9.33. The van der Waals surface area contributed by atoms with Crippen LogP contribution in [-0.2, 0) is 0 Å². The van der Waals surface area contributed by atoms with Crippen LogP contribution in [0.4, 0.5) is 0 Å². The van der Waals surface area contributed by atoms with Gasteiger partial charge in [-0.1, -0.05) is 115 Å². The smallest absolute Gasteiger partial charge is 0.133 e. The predicted octanol–water partition coefficient (Wildman–Crippen LogP) is 9.25. The van der Waals surface area contributed by atoms with Crippen molar-refractivity contribution in [1.82, 2.24) is 4.98 Å². The van der Waals surface area contributed by atoms with Crippen LogP contribution in [0.15, 0.2) is 133 Å². The molecule has 7 rings (SSSR count). The Bertz CT molecular complexity index is 1940. The van der Waals surface area contributed by atoms with Gasteiger partial charge in [0.25, 0.3) is 0 Å². The molecular weight excluding hydrogens is 450 g/mol. The molecule has 6 aromatic carbocycles. The monoisotopic (exact) mass is 473 g/mol. The van der Waals surface area contributed by atoms with E-state index in [2.05, 4.69) is 91.0 Å².